The van der Waals surface area contributed by atoms with Crippen LogP contribution in [0.15, 0.2) is 42.5 Å². The maximum atomic E-state index is 6.19. The molecule has 1 atom stereocenters. The third-order valence-corrected chi connectivity index (χ3v) is 5.81. The van der Waals surface area contributed by atoms with Crippen LogP contribution in [0.1, 0.15) is 36.5 Å². The fourth-order valence-electron chi connectivity index (χ4n) is 2.69. The number of halogens is 2. The molecule has 0 aromatic heterocycles. The molecule has 145 valence electrons. The van der Waals surface area contributed by atoms with Gasteiger partial charge in [0.2, 0.25) is 9.04 Å². The van der Waals surface area contributed by atoms with Crippen molar-refractivity contribution in [1.82, 2.24) is 0 Å². The minimum atomic E-state index is -0.663. The maximum Gasteiger partial charge on any atom is 0.204 e. The van der Waals surface area contributed by atoms with E-state index in [2.05, 4.69) is 25.2 Å². The summed E-state index contributed by atoms with van der Waals surface area (Å²) in [7, 11) is -0.663. The van der Waals surface area contributed by atoms with E-state index in [4.69, 9.17) is 37.1 Å². The van der Waals surface area contributed by atoms with E-state index in [9.17, 15) is 0 Å². The van der Waals surface area contributed by atoms with Crippen LogP contribution in [0.25, 0.3) is 0 Å². The average Bonchev–Trinajstić information content (AvgIpc) is 3.46. The van der Waals surface area contributed by atoms with E-state index in [1.54, 1.807) is 6.07 Å². The molecule has 0 N–H and O–H groups in total. The van der Waals surface area contributed by atoms with Crippen molar-refractivity contribution in [2.75, 3.05) is 6.61 Å². The number of benzene rings is 2. The third kappa shape index (κ3) is 6.81. The van der Waals surface area contributed by atoms with E-state index < -0.39 is 9.04 Å². The molecule has 1 saturated carbocycles. The predicted octanol–water partition coefficient (Wildman–Crippen LogP) is 6.45. The Morgan fingerprint density at radius 3 is 2.41 bits per heavy atom. The van der Waals surface area contributed by atoms with Crippen LogP contribution in [0, 0.1) is 0 Å². The number of hydrogen-bond donors (Lipinski definition) is 0. The molecule has 0 bridgehead atoms. The second-order valence-corrected chi connectivity index (χ2v) is 9.90. The predicted molar refractivity (Wildman–Crippen MR) is 112 cm³/mol. The smallest absolute Gasteiger partial charge is 0.204 e. The van der Waals surface area contributed by atoms with Gasteiger partial charge < -0.3 is 13.9 Å². The lowest BCUT2D eigenvalue weighted by molar-refractivity contribution is 0.0246. The van der Waals surface area contributed by atoms with E-state index in [1.807, 2.05) is 24.3 Å². The quantitative estimate of drug-likeness (QED) is 0.410. The van der Waals surface area contributed by atoms with Crippen molar-refractivity contribution in [2.45, 2.75) is 51.2 Å². The molecule has 3 nitrogen and oxygen atoms in total. The maximum absolute atomic E-state index is 6.19. The summed E-state index contributed by atoms with van der Waals surface area (Å²) in [5.41, 5.74) is 2.16. The molecule has 3 rings (SSSR count). The first-order valence-corrected chi connectivity index (χ1v) is 12.4. The lowest BCUT2D eigenvalue weighted by Gasteiger charge is -2.19. The molecule has 1 aliphatic carbocycles. The van der Waals surface area contributed by atoms with Gasteiger partial charge in [0.05, 0.1) is 22.3 Å². The highest BCUT2D eigenvalue weighted by molar-refractivity contribution is 6.48. The summed E-state index contributed by atoms with van der Waals surface area (Å²) in [6.07, 6.45) is 3.71. The number of ether oxygens (including phenoxy) is 2. The van der Waals surface area contributed by atoms with Crippen molar-refractivity contribution in [2.24, 2.45) is 0 Å². The normalized spacial score (nSPS) is 15.1. The van der Waals surface area contributed by atoms with Crippen molar-refractivity contribution < 1.29 is 13.9 Å². The molecular formula is C21H25Cl2O3Si. The van der Waals surface area contributed by atoms with Crippen molar-refractivity contribution in [3.63, 3.8) is 0 Å². The average molecular weight is 424 g/mol. The molecule has 0 spiro atoms. The lowest BCUT2D eigenvalue weighted by Crippen LogP contribution is -2.14. The van der Waals surface area contributed by atoms with Gasteiger partial charge in [-0.05, 0) is 67.7 Å². The number of hydrogen-bond acceptors (Lipinski definition) is 3. The topological polar surface area (TPSA) is 27.7 Å². The molecule has 0 aliphatic heterocycles. The largest absolute Gasteiger partial charge is 0.489 e. The molecule has 1 unspecified atom stereocenters. The highest BCUT2D eigenvalue weighted by Crippen LogP contribution is 2.33. The van der Waals surface area contributed by atoms with Crippen molar-refractivity contribution in [1.29, 1.82) is 0 Å². The van der Waals surface area contributed by atoms with E-state index in [-0.39, 0.29) is 6.10 Å². The van der Waals surface area contributed by atoms with Gasteiger partial charge in [0.25, 0.3) is 0 Å². The van der Waals surface area contributed by atoms with Gasteiger partial charge in [-0.1, -0.05) is 41.4 Å². The Bertz CT molecular complexity index is 733. The zero-order valence-corrected chi connectivity index (χ0v) is 18.2. The Hall–Kier alpha value is -1.04. The molecule has 0 heterocycles. The van der Waals surface area contributed by atoms with Crippen molar-refractivity contribution in [3.05, 3.63) is 63.6 Å². The standard InChI is InChI=1S/C21H25Cl2O3Si/c1-27(2)25-12-11-21(26-18-8-9-18)16-4-6-17(7-5-16)24-14-15-3-10-19(22)20(23)13-15/h3-7,10,13,18,21H,8-9,11-12,14H2,1-2H3. The van der Waals surface area contributed by atoms with Gasteiger partial charge in [0.1, 0.15) is 12.4 Å². The zero-order chi connectivity index (χ0) is 19.2. The van der Waals surface area contributed by atoms with Crippen molar-refractivity contribution in [3.8, 4) is 5.75 Å². The number of rotatable bonds is 10. The van der Waals surface area contributed by atoms with Gasteiger partial charge in [-0.3, -0.25) is 0 Å². The Kier molecular flexibility index (Phi) is 7.62. The van der Waals surface area contributed by atoms with Crippen LogP contribution in [0.4, 0.5) is 0 Å². The molecule has 0 saturated heterocycles. The van der Waals surface area contributed by atoms with Gasteiger partial charge >= 0.3 is 0 Å². The highest BCUT2D eigenvalue weighted by atomic mass is 35.5. The van der Waals surface area contributed by atoms with Gasteiger partial charge in [-0.15, -0.1) is 0 Å². The van der Waals surface area contributed by atoms with Crippen LogP contribution in [0.5, 0.6) is 5.75 Å². The van der Waals surface area contributed by atoms with E-state index in [0.29, 0.717) is 22.8 Å². The fraction of sp³-hybridized carbons (Fsp3) is 0.429. The summed E-state index contributed by atoms with van der Waals surface area (Å²) in [4.78, 5) is 0. The summed E-state index contributed by atoms with van der Waals surface area (Å²) >= 11 is 12.0. The van der Waals surface area contributed by atoms with Gasteiger partial charge in [-0.2, -0.15) is 0 Å². The summed E-state index contributed by atoms with van der Waals surface area (Å²) in [6.45, 7) is 5.50. The molecule has 1 aliphatic rings. The molecule has 1 fully saturated rings. The van der Waals surface area contributed by atoms with Gasteiger partial charge in [0, 0.05) is 6.61 Å². The molecule has 1 radical (unpaired) electrons. The Morgan fingerprint density at radius 2 is 1.78 bits per heavy atom. The van der Waals surface area contributed by atoms with E-state index >= 15 is 0 Å². The second-order valence-electron chi connectivity index (χ2n) is 6.98. The molecule has 27 heavy (non-hydrogen) atoms. The first kappa shape index (κ1) is 20.7. The lowest BCUT2D eigenvalue weighted by atomic mass is 10.1. The minimum absolute atomic E-state index is 0.0861. The zero-order valence-electron chi connectivity index (χ0n) is 15.7. The summed E-state index contributed by atoms with van der Waals surface area (Å²) in [5.74, 6) is 0.818. The Morgan fingerprint density at radius 1 is 1.04 bits per heavy atom. The van der Waals surface area contributed by atoms with Gasteiger partial charge in [0.15, 0.2) is 0 Å². The third-order valence-electron chi connectivity index (χ3n) is 4.29. The Labute approximate surface area is 173 Å². The molecule has 0 amide bonds. The monoisotopic (exact) mass is 423 g/mol. The van der Waals surface area contributed by atoms with Crippen LogP contribution < -0.4 is 4.74 Å². The van der Waals surface area contributed by atoms with Crippen molar-refractivity contribution >= 4 is 32.2 Å². The summed E-state index contributed by atoms with van der Waals surface area (Å²) in [5, 5.41) is 1.09. The summed E-state index contributed by atoms with van der Waals surface area (Å²) < 4.78 is 17.9. The Balaban J connectivity index is 1.57. The molecule has 6 heteroatoms. The molecule has 2 aromatic rings. The second kappa shape index (κ2) is 9.94. The molecule has 2 aromatic carbocycles. The van der Waals surface area contributed by atoms with Crippen LogP contribution in [-0.4, -0.2) is 21.8 Å². The highest BCUT2D eigenvalue weighted by Gasteiger charge is 2.27. The van der Waals surface area contributed by atoms with Crippen LogP contribution in [-0.2, 0) is 15.8 Å². The van der Waals surface area contributed by atoms with Gasteiger partial charge in [-0.25, -0.2) is 0 Å². The SMILES string of the molecule is C[Si](C)OCCC(OC1CC1)c1ccc(OCc2ccc(Cl)c(Cl)c2)cc1. The van der Waals surface area contributed by atoms with E-state index in [0.717, 1.165) is 24.3 Å². The molecular weight excluding hydrogens is 399 g/mol. The summed E-state index contributed by atoms with van der Waals surface area (Å²) in [6, 6.07) is 13.7. The first-order chi connectivity index (χ1) is 13.0. The van der Waals surface area contributed by atoms with Crippen LogP contribution >= 0.6 is 23.2 Å². The fourth-order valence-corrected chi connectivity index (χ4v) is 3.54. The van der Waals surface area contributed by atoms with Crippen LogP contribution in [0.3, 0.4) is 0 Å². The first-order valence-electron chi connectivity index (χ1n) is 9.26. The van der Waals surface area contributed by atoms with E-state index in [1.165, 1.54) is 18.4 Å². The van der Waals surface area contributed by atoms with Crippen LogP contribution in [0.2, 0.25) is 23.1 Å². The minimum Gasteiger partial charge on any atom is -0.489 e.